The molecule has 1 saturated heterocycles. The molecule has 6 heteroatoms. The van der Waals surface area contributed by atoms with Crippen LogP contribution in [-0.2, 0) is 6.54 Å². The molecule has 0 radical (unpaired) electrons. The summed E-state index contributed by atoms with van der Waals surface area (Å²) in [4.78, 5) is 13.4. The molecule has 1 fully saturated rings. The summed E-state index contributed by atoms with van der Waals surface area (Å²) in [6.07, 6.45) is 4.85. The summed E-state index contributed by atoms with van der Waals surface area (Å²) in [6, 6.07) is 0. The third-order valence-electron chi connectivity index (χ3n) is 3.36. The van der Waals surface area contributed by atoms with Crippen molar-refractivity contribution in [3.63, 3.8) is 0 Å². The maximum Gasteiger partial charge on any atom is 0.225 e. The summed E-state index contributed by atoms with van der Waals surface area (Å²) in [5, 5.41) is 12.1. The van der Waals surface area contributed by atoms with Gasteiger partial charge in [-0.2, -0.15) is 0 Å². The van der Waals surface area contributed by atoms with Crippen molar-refractivity contribution in [1.29, 1.82) is 0 Å². The van der Waals surface area contributed by atoms with Gasteiger partial charge in [0.1, 0.15) is 0 Å². The van der Waals surface area contributed by atoms with Crippen LogP contribution in [-0.4, -0.2) is 66.4 Å². The topological polar surface area (TPSA) is 64.5 Å². The second-order valence-corrected chi connectivity index (χ2v) is 4.83. The number of nitrogens with one attached hydrogen (secondary N) is 1. The van der Waals surface area contributed by atoms with Crippen LogP contribution in [0, 0.1) is 0 Å². The minimum Gasteiger partial charge on any atom is -0.395 e. The standard InChI is InChI=1S/C13H23N5O/c1-14-9-12-10-15-13(16-11-12)18-4-2-3-17(5-6-18)7-8-19/h10-11,14,19H,2-9H2,1H3. The highest BCUT2D eigenvalue weighted by Gasteiger charge is 2.16. The summed E-state index contributed by atoms with van der Waals surface area (Å²) in [5.74, 6) is 0.811. The first-order chi connectivity index (χ1) is 9.33. The predicted octanol–water partition coefficient (Wildman–Crippen LogP) is -0.300. The molecule has 0 aliphatic carbocycles. The molecule has 19 heavy (non-hydrogen) atoms. The van der Waals surface area contributed by atoms with Crippen molar-refractivity contribution in [3.8, 4) is 0 Å². The molecule has 1 aromatic heterocycles. The Bertz CT molecular complexity index is 370. The fraction of sp³-hybridized carbons (Fsp3) is 0.692. The molecule has 106 valence electrons. The highest BCUT2D eigenvalue weighted by atomic mass is 16.3. The van der Waals surface area contributed by atoms with Crippen LogP contribution in [0.5, 0.6) is 0 Å². The molecule has 0 amide bonds. The van der Waals surface area contributed by atoms with Crippen molar-refractivity contribution in [2.75, 3.05) is 51.3 Å². The van der Waals surface area contributed by atoms with E-state index in [0.717, 1.165) is 57.2 Å². The van der Waals surface area contributed by atoms with E-state index in [9.17, 15) is 0 Å². The summed E-state index contributed by atoms with van der Waals surface area (Å²) in [6.45, 7) is 5.69. The highest BCUT2D eigenvalue weighted by Crippen LogP contribution is 2.11. The average Bonchev–Trinajstić information content (AvgIpc) is 2.66. The number of hydrogen-bond donors (Lipinski definition) is 2. The van der Waals surface area contributed by atoms with Crippen molar-refractivity contribution >= 4 is 5.95 Å². The van der Waals surface area contributed by atoms with Gasteiger partial charge < -0.3 is 15.3 Å². The first-order valence-corrected chi connectivity index (χ1v) is 6.87. The smallest absolute Gasteiger partial charge is 0.225 e. The monoisotopic (exact) mass is 265 g/mol. The van der Waals surface area contributed by atoms with E-state index in [4.69, 9.17) is 5.11 Å². The fourth-order valence-corrected chi connectivity index (χ4v) is 2.34. The van der Waals surface area contributed by atoms with E-state index in [1.807, 2.05) is 19.4 Å². The van der Waals surface area contributed by atoms with E-state index in [1.165, 1.54) is 0 Å². The highest BCUT2D eigenvalue weighted by molar-refractivity contribution is 5.30. The van der Waals surface area contributed by atoms with E-state index in [1.54, 1.807) is 0 Å². The van der Waals surface area contributed by atoms with E-state index in [-0.39, 0.29) is 6.61 Å². The van der Waals surface area contributed by atoms with E-state index < -0.39 is 0 Å². The van der Waals surface area contributed by atoms with E-state index in [0.29, 0.717) is 0 Å². The molecule has 0 bridgehead atoms. The van der Waals surface area contributed by atoms with Gasteiger partial charge in [-0.05, 0) is 20.0 Å². The molecule has 2 heterocycles. The summed E-state index contributed by atoms with van der Waals surface area (Å²) >= 11 is 0. The number of nitrogens with zero attached hydrogens (tertiary/aromatic N) is 4. The Morgan fingerprint density at radius 1 is 1.21 bits per heavy atom. The zero-order valence-corrected chi connectivity index (χ0v) is 11.5. The van der Waals surface area contributed by atoms with Crippen LogP contribution in [0.25, 0.3) is 0 Å². The van der Waals surface area contributed by atoms with Crippen LogP contribution in [0.15, 0.2) is 12.4 Å². The van der Waals surface area contributed by atoms with Gasteiger partial charge in [-0.1, -0.05) is 0 Å². The van der Waals surface area contributed by atoms with Gasteiger partial charge in [0.2, 0.25) is 5.95 Å². The molecule has 0 spiro atoms. The van der Waals surface area contributed by atoms with Crippen LogP contribution in [0.4, 0.5) is 5.95 Å². The van der Waals surface area contributed by atoms with Crippen LogP contribution in [0.1, 0.15) is 12.0 Å². The van der Waals surface area contributed by atoms with Gasteiger partial charge in [0.15, 0.2) is 0 Å². The molecule has 2 rings (SSSR count). The number of aliphatic hydroxyl groups excluding tert-OH is 1. The Labute approximate surface area is 114 Å². The SMILES string of the molecule is CNCc1cnc(N2CCCN(CCO)CC2)nc1. The minimum absolute atomic E-state index is 0.231. The molecule has 0 saturated carbocycles. The first-order valence-electron chi connectivity index (χ1n) is 6.87. The Kier molecular flexibility index (Phi) is 5.50. The Balaban J connectivity index is 1.93. The summed E-state index contributed by atoms with van der Waals surface area (Å²) in [7, 11) is 1.92. The van der Waals surface area contributed by atoms with Gasteiger partial charge in [0.25, 0.3) is 0 Å². The third kappa shape index (κ3) is 4.12. The molecule has 1 aromatic rings. The first kappa shape index (κ1) is 14.2. The summed E-state index contributed by atoms with van der Waals surface area (Å²) < 4.78 is 0. The lowest BCUT2D eigenvalue weighted by Crippen LogP contribution is -2.33. The van der Waals surface area contributed by atoms with Crippen LogP contribution in [0.3, 0.4) is 0 Å². The van der Waals surface area contributed by atoms with Gasteiger partial charge in [-0.3, -0.25) is 4.90 Å². The molecular formula is C13H23N5O. The molecule has 1 aliphatic rings. The van der Waals surface area contributed by atoms with Crippen LogP contribution < -0.4 is 10.2 Å². The quantitative estimate of drug-likeness (QED) is 0.762. The van der Waals surface area contributed by atoms with Gasteiger partial charge in [-0.15, -0.1) is 0 Å². The number of aliphatic hydroxyl groups is 1. The molecule has 2 N–H and O–H groups in total. The van der Waals surface area contributed by atoms with Crippen LogP contribution in [0.2, 0.25) is 0 Å². The fourth-order valence-electron chi connectivity index (χ4n) is 2.34. The van der Waals surface area contributed by atoms with Gasteiger partial charge >= 0.3 is 0 Å². The Hall–Kier alpha value is -1.24. The molecule has 0 atom stereocenters. The number of β-amino-alcohol motifs (C(OH)–C–C–N with tert-alkyl or cyclic N) is 1. The Morgan fingerprint density at radius 2 is 2.00 bits per heavy atom. The van der Waals surface area contributed by atoms with Crippen molar-refractivity contribution in [3.05, 3.63) is 18.0 Å². The van der Waals surface area contributed by atoms with Crippen molar-refractivity contribution in [2.45, 2.75) is 13.0 Å². The number of hydrogen-bond acceptors (Lipinski definition) is 6. The van der Waals surface area contributed by atoms with E-state index in [2.05, 4.69) is 25.1 Å². The average molecular weight is 265 g/mol. The second kappa shape index (κ2) is 7.37. The maximum absolute atomic E-state index is 8.99. The minimum atomic E-state index is 0.231. The zero-order valence-electron chi connectivity index (χ0n) is 11.5. The summed E-state index contributed by atoms with van der Waals surface area (Å²) in [5.41, 5.74) is 1.10. The van der Waals surface area contributed by atoms with Gasteiger partial charge in [-0.25, -0.2) is 9.97 Å². The third-order valence-corrected chi connectivity index (χ3v) is 3.36. The Morgan fingerprint density at radius 3 is 2.68 bits per heavy atom. The number of rotatable bonds is 5. The molecular weight excluding hydrogens is 242 g/mol. The van der Waals surface area contributed by atoms with E-state index >= 15 is 0 Å². The van der Waals surface area contributed by atoms with Gasteiger partial charge in [0.05, 0.1) is 6.61 Å². The van der Waals surface area contributed by atoms with Crippen molar-refractivity contribution in [1.82, 2.24) is 20.2 Å². The lowest BCUT2D eigenvalue weighted by atomic mass is 10.3. The normalized spacial score (nSPS) is 17.5. The van der Waals surface area contributed by atoms with Crippen LogP contribution >= 0.6 is 0 Å². The largest absolute Gasteiger partial charge is 0.395 e. The van der Waals surface area contributed by atoms with Crippen molar-refractivity contribution < 1.29 is 5.11 Å². The second-order valence-electron chi connectivity index (χ2n) is 4.83. The van der Waals surface area contributed by atoms with Crippen molar-refractivity contribution in [2.24, 2.45) is 0 Å². The molecule has 0 unspecified atom stereocenters. The lowest BCUT2D eigenvalue weighted by Gasteiger charge is -2.21. The molecule has 0 aromatic carbocycles. The number of aromatic nitrogens is 2. The number of anilines is 1. The molecule has 1 aliphatic heterocycles. The van der Waals surface area contributed by atoms with Gasteiger partial charge in [0, 0.05) is 50.7 Å². The maximum atomic E-state index is 8.99. The zero-order chi connectivity index (χ0) is 13.5. The predicted molar refractivity (Wildman–Crippen MR) is 75.2 cm³/mol. The molecule has 6 nitrogen and oxygen atoms in total. The lowest BCUT2D eigenvalue weighted by molar-refractivity contribution is 0.204.